The molecule has 3 N–H and O–H groups in total. The van der Waals surface area contributed by atoms with E-state index in [-0.39, 0.29) is 12.5 Å². The van der Waals surface area contributed by atoms with Crippen LogP contribution in [0.4, 0.5) is 11.4 Å². The number of amides is 1. The Bertz CT molecular complexity index is 531. The van der Waals surface area contributed by atoms with Gasteiger partial charge in [0.2, 0.25) is 0 Å². The first-order valence-corrected chi connectivity index (χ1v) is 5.27. The lowest BCUT2D eigenvalue weighted by Gasteiger charge is -2.07. The highest BCUT2D eigenvalue weighted by molar-refractivity contribution is 5.91. The SMILES string of the molecule is Nc1cccc(OCC(=O)Nc2cncnc2)c1. The molecule has 1 heterocycles. The first-order chi connectivity index (χ1) is 8.74. The molecule has 0 spiro atoms. The second-order valence-corrected chi connectivity index (χ2v) is 3.54. The van der Waals surface area contributed by atoms with E-state index in [1.54, 1.807) is 24.3 Å². The number of ether oxygens (including phenoxy) is 1. The zero-order valence-corrected chi connectivity index (χ0v) is 9.54. The van der Waals surface area contributed by atoms with Gasteiger partial charge in [-0.15, -0.1) is 0 Å². The van der Waals surface area contributed by atoms with Gasteiger partial charge in [0.15, 0.2) is 6.61 Å². The Morgan fingerprint density at radius 3 is 2.83 bits per heavy atom. The van der Waals surface area contributed by atoms with Gasteiger partial charge >= 0.3 is 0 Å². The highest BCUT2D eigenvalue weighted by Gasteiger charge is 2.03. The first-order valence-electron chi connectivity index (χ1n) is 5.27. The summed E-state index contributed by atoms with van der Waals surface area (Å²) in [4.78, 5) is 19.1. The summed E-state index contributed by atoms with van der Waals surface area (Å²) in [6.07, 6.45) is 4.40. The number of anilines is 2. The lowest BCUT2D eigenvalue weighted by molar-refractivity contribution is -0.118. The molecular weight excluding hydrogens is 232 g/mol. The molecule has 0 aliphatic rings. The van der Waals surface area contributed by atoms with Crippen molar-refractivity contribution >= 4 is 17.3 Å². The minimum absolute atomic E-state index is 0.0989. The van der Waals surface area contributed by atoms with Gasteiger partial charge in [-0.25, -0.2) is 9.97 Å². The van der Waals surface area contributed by atoms with Crippen LogP contribution >= 0.6 is 0 Å². The largest absolute Gasteiger partial charge is 0.484 e. The van der Waals surface area contributed by atoms with E-state index in [0.29, 0.717) is 17.1 Å². The Labute approximate surface area is 104 Å². The molecule has 1 aromatic carbocycles. The van der Waals surface area contributed by atoms with E-state index in [1.807, 2.05) is 0 Å². The second-order valence-electron chi connectivity index (χ2n) is 3.54. The zero-order valence-electron chi connectivity index (χ0n) is 9.54. The Morgan fingerprint density at radius 1 is 1.33 bits per heavy atom. The van der Waals surface area contributed by atoms with E-state index in [1.165, 1.54) is 18.7 Å². The molecule has 0 saturated carbocycles. The van der Waals surface area contributed by atoms with Gasteiger partial charge in [0, 0.05) is 11.8 Å². The van der Waals surface area contributed by atoms with Crippen molar-refractivity contribution in [2.24, 2.45) is 0 Å². The highest BCUT2D eigenvalue weighted by atomic mass is 16.5. The first kappa shape index (κ1) is 11.8. The van der Waals surface area contributed by atoms with Crippen LogP contribution < -0.4 is 15.8 Å². The molecule has 0 aliphatic heterocycles. The van der Waals surface area contributed by atoms with Crippen molar-refractivity contribution in [1.29, 1.82) is 0 Å². The number of aromatic nitrogens is 2. The van der Waals surface area contributed by atoms with Crippen LogP contribution in [0.3, 0.4) is 0 Å². The third-order valence-corrected chi connectivity index (χ3v) is 2.07. The normalized spacial score (nSPS) is 9.78. The molecule has 2 rings (SSSR count). The van der Waals surface area contributed by atoms with Gasteiger partial charge < -0.3 is 15.8 Å². The molecule has 1 aromatic heterocycles. The summed E-state index contributed by atoms with van der Waals surface area (Å²) in [5.41, 5.74) is 6.71. The number of rotatable bonds is 4. The van der Waals surface area contributed by atoms with Gasteiger partial charge in [-0.2, -0.15) is 0 Å². The number of nitrogens with one attached hydrogen (secondary N) is 1. The monoisotopic (exact) mass is 244 g/mol. The van der Waals surface area contributed by atoms with Crippen molar-refractivity contribution in [1.82, 2.24) is 9.97 Å². The lowest BCUT2D eigenvalue weighted by atomic mass is 10.3. The Balaban J connectivity index is 1.85. The predicted octanol–water partition coefficient (Wildman–Crippen LogP) is 1.08. The summed E-state index contributed by atoms with van der Waals surface area (Å²) < 4.78 is 5.29. The van der Waals surface area contributed by atoms with Gasteiger partial charge in [-0.05, 0) is 12.1 Å². The van der Waals surface area contributed by atoms with E-state index in [4.69, 9.17) is 10.5 Å². The minimum Gasteiger partial charge on any atom is -0.484 e. The van der Waals surface area contributed by atoms with Crippen LogP contribution in [0.1, 0.15) is 0 Å². The maximum Gasteiger partial charge on any atom is 0.262 e. The van der Waals surface area contributed by atoms with Gasteiger partial charge in [0.1, 0.15) is 12.1 Å². The van der Waals surface area contributed by atoms with E-state index in [2.05, 4.69) is 15.3 Å². The number of nitrogens with two attached hydrogens (primary N) is 1. The summed E-state index contributed by atoms with van der Waals surface area (Å²) in [5.74, 6) is 0.265. The Morgan fingerprint density at radius 2 is 2.11 bits per heavy atom. The standard InChI is InChI=1S/C12H12N4O2/c13-9-2-1-3-11(4-9)18-7-12(17)16-10-5-14-8-15-6-10/h1-6,8H,7,13H2,(H,16,17). The molecule has 0 bridgehead atoms. The quantitative estimate of drug-likeness (QED) is 0.785. The fourth-order valence-electron chi connectivity index (χ4n) is 1.31. The van der Waals surface area contributed by atoms with Crippen LogP contribution in [-0.4, -0.2) is 22.5 Å². The maximum absolute atomic E-state index is 11.5. The maximum atomic E-state index is 11.5. The Hall–Kier alpha value is -2.63. The predicted molar refractivity (Wildman–Crippen MR) is 67.0 cm³/mol. The molecule has 0 saturated heterocycles. The van der Waals surface area contributed by atoms with E-state index >= 15 is 0 Å². The fraction of sp³-hybridized carbons (Fsp3) is 0.0833. The third-order valence-electron chi connectivity index (χ3n) is 2.07. The smallest absolute Gasteiger partial charge is 0.262 e. The lowest BCUT2D eigenvalue weighted by Crippen LogP contribution is -2.20. The van der Waals surface area contributed by atoms with Crippen LogP contribution in [0.2, 0.25) is 0 Å². The molecule has 0 unspecified atom stereocenters. The van der Waals surface area contributed by atoms with Crippen LogP contribution in [-0.2, 0) is 4.79 Å². The molecule has 92 valence electrons. The van der Waals surface area contributed by atoms with Crippen molar-refractivity contribution in [3.05, 3.63) is 43.0 Å². The highest BCUT2D eigenvalue weighted by Crippen LogP contribution is 2.14. The molecule has 2 aromatic rings. The number of nitrogens with zero attached hydrogens (tertiary/aromatic N) is 2. The number of carbonyl (C=O) groups excluding carboxylic acids is 1. The van der Waals surface area contributed by atoms with E-state index in [0.717, 1.165) is 0 Å². The summed E-state index contributed by atoms with van der Waals surface area (Å²) in [7, 11) is 0. The fourth-order valence-corrected chi connectivity index (χ4v) is 1.31. The third kappa shape index (κ3) is 3.44. The number of hydrogen-bond acceptors (Lipinski definition) is 5. The topological polar surface area (TPSA) is 90.1 Å². The molecule has 0 fully saturated rings. The van der Waals surface area contributed by atoms with Gasteiger partial charge in [0.25, 0.3) is 5.91 Å². The summed E-state index contributed by atoms with van der Waals surface area (Å²) in [6, 6.07) is 6.88. The number of nitrogen functional groups attached to an aromatic ring is 1. The van der Waals surface area contributed by atoms with Gasteiger partial charge in [-0.3, -0.25) is 4.79 Å². The molecular formula is C12H12N4O2. The Kier molecular flexibility index (Phi) is 3.70. The molecule has 0 aliphatic carbocycles. The van der Waals surface area contributed by atoms with E-state index < -0.39 is 0 Å². The van der Waals surface area contributed by atoms with Crippen LogP contribution in [0.5, 0.6) is 5.75 Å². The average Bonchev–Trinajstić information content (AvgIpc) is 2.38. The summed E-state index contributed by atoms with van der Waals surface area (Å²) in [6.45, 7) is -0.0989. The van der Waals surface area contributed by atoms with Crippen LogP contribution in [0.25, 0.3) is 0 Å². The number of benzene rings is 1. The van der Waals surface area contributed by atoms with E-state index in [9.17, 15) is 4.79 Å². The summed E-state index contributed by atoms with van der Waals surface area (Å²) >= 11 is 0. The molecule has 0 radical (unpaired) electrons. The number of hydrogen-bond donors (Lipinski definition) is 2. The minimum atomic E-state index is -0.285. The van der Waals surface area contributed by atoms with Crippen molar-refractivity contribution in [2.75, 3.05) is 17.7 Å². The molecule has 1 amide bonds. The van der Waals surface area contributed by atoms with Crippen molar-refractivity contribution < 1.29 is 9.53 Å². The van der Waals surface area contributed by atoms with Crippen molar-refractivity contribution in [3.63, 3.8) is 0 Å². The average molecular weight is 244 g/mol. The van der Waals surface area contributed by atoms with Gasteiger partial charge in [0.05, 0.1) is 18.1 Å². The molecule has 18 heavy (non-hydrogen) atoms. The molecule has 0 atom stereocenters. The molecule has 6 heteroatoms. The zero-order chi connectivity index (χ0) is 12.8. The van der Waals surface area contributed by atoms with Crippen molar-refractivity contribution in [3.8, 4) is 5.75 Å². The summed E-state index contributed by atoms with van der Waals surface area (Å²) in [5, 5.41) is 2.61. The van der Waals surface area contributed by atoms with Gasteiger partial charge in [-0.1, -0.05) is 6.07 Å². The van der Waals surface area contributed by atoms with Crippen LogP contribution in [0, 0.1) is 0 Å². The van der Waals surface area contributed by atoms with Crippen LogP contribution in [0.15, 0.2) is 43.0 Å². The van der Waals surface area contributed by atoms with Crippen molar-refractivity contribution in [2.45, 2.75) is 0 Å². The number of carbonyl (C=O) groups is 1. The molecule has 6 nitrogen and oxygen atoms in total. The second kappa shape index (κ2) is 5.62.